The first-order chi connectivity index (χ1) is 16.5. The minimum atomic E-state index is -1.25. The molecule has 1 aromatic heterocycles. The van der Waals surface area contributed by atoms with Crippen molar-refractivity contribution in [2.24, 2.45) is 5.73 Å². The monoisotopic (exact) mass is 515 g/mol. The number of aromatic amines is 1. The lowest BCUT2D eigenvalue weighted by atomic mass is 10.1. The molecule has 9 N–H and O–H groups in total. The fourth-order valence-corrected chi connectivity index (χ4v) is 3.22. The summed E-state index contributed by atoms with van der Waals surface area (Å²) in [7, 11) is 0. The molecule has 0 bridgehead atoms. The van der Waals surface area contributed by atoms with Crippen LogP contribution in [-0.4, -0.2) is 98.6 Å². The smallest absolute Gasteiger partial charge is 0.326 e. The molecule has 15 heteroatoms. The van der Waals surface area contributed by atoms with Crippen molar-refractivity contribution in [2.75, 3.05) is 18.6 Å². The van der Waals surface area contributed by atoms with Crippen LogP contribution in [0.5, 0.6) is 0 Å². The number of aromatic nitrogens is 2. The zero-order chi connectivity index (χ0) is 26.5. The van der Waals surface area contributed by atoms with Crippen LogP contribution in [0.25, 0.3) is 0 Å². The predicted octanol–water partition coefficient (Wildman–Crippen LogP) is -2.91. The first-order valence-corrected chi connectivity index (χ1v) is 12.2. The average Bonchev–Trinajstić information content (AvgIpc) is 3.31. The highest BCUT2D eigenvalue weighted by molar-refractivity contribution is 7.98. The van der Waals surface area contributed by atoms with E-state index in [2.05, 4.69) is 31.2 Å². The standard InChI is InChI=1S/C20H33N7O7S/c1-10(25-19(32)16(21)11(2)28)17(30)23-8-15(29)26-13(4-5-35-3)18(31)27-14(20(33)34)6-12-7-22-9-24-12/h7,9-11,13-14,16,28H,4-6,8,21H2,1-3H3,(H,22,24)(H,23,30)(H,25,32)(H,26,29)(H,27,31)(H,33,34)/t10-,11+,13-,14-,16-/m0/s1. The van der Waals surface area contributed by atoms with Crippen molar-refractivity contribution in [3.05, 3.63) is 18.2 Å². The molecule has 0 unspecified atom stereocenters. The summed E-state index contributed by atoms with van der Waals surface area (Å²) in [6, 6.07) is -4.52. The van der Waals surface area contributed by atoms with Gasteiger partial charge in [-0.1, -0.05) is 0 Å². The van der Waals surface area contributed by atoms with Crippen molar-refractivity contribution in [1.29, 1.82) is 0 Å². The number of amides is 4. The second-order valence-electron chi connectivity index (χ2n) is 7.80. The van der Waals surface area contributed by atoms with Crippen LogP contribution in [0, 0.1) is 0 Å². The molecule has 0 aliphatic heterocycles. The molecule has 0 fully saturated rings. The Bertz CT molecular complexity index is 866. The number of nitrogens with zero attached hydrogens (tertiary/aromatic N) is 1. The van der Waals surface area contributed by atoms with E-state index in [9.17, 15) is 34.2 Å². The number of rotatable bonds is 15. The molecule has 0 spiro atoms. The lowest BCUT2D eigenvalue weighted by Crippen LogP contribution is -2.55. The van der Waals surface area contributed by atoms with Crippen LogP contribution in [0.2, 0.25) is 0 Å². The van der Waals surface area contributed by atoms with E-state index in [1.165, 1.54) is 38.1 Å². The Morgan fingerprint density at radius 3 is 2.31 bits per heavy atom. The first-order valence-electron chi connectivity index (χ1n) is 10.8. The number of hydrogen-bond acceptors (Lipinski definition) is 9. The summed E-state index contributed by atoms with van der Waals surface area (Å²) in [5.41, 5.74) is 6.02. The predicted molar refractivity (Wildman–Crippen MR) is 127 cm³/mol. The number of imidazole rings is 1. The Kier molecular flexibility index (Phi) is 12.8. The SMILES string of the molecule is CSCC[C@H](NC(=O)CNC(=O)[C@H](C)NC(=O)[C@@H](N)[C@@H](C)O)C(=O)N[C@@H](Cc1cnc[nH]1)C(=O)O. The summed E-state index contributed by atoms with van der Waals surface area (Å²) in [5, 5.41) is 28.4. The summed E-state index contributed by atoms with van der Waals surface area (Å²) < 4.78 is 0. The van der Waals surface area contributed by atoms with Crippen molar-refractivity contribution in [3.63, 3.8) is 0 Å². The quantitative estimate of drug-likeness (QED) is 0.119. The van der Waals surface area contributed by atoms with Crippen LogP contribution in [-0.2, 0) is 30.4 Å². The van der Waals surface area contributed by atoms with Crippen molar-refractivity contribution < 1.29 is 34.2 Å². The number of nitrogens with one attached hydrogen (secondary N) is 5. The van der Waals surface area contributed by atoms with E-state index in [1.807, 2.05) is 6.26 Å². The second-order valence-corrected chi connectivity index (χ2v) is 8.78. The highest BCUT2D eigenvalue weighted by Gasteiger charge is 2.27. The minimum Gasteiger partial charge on any atom is -0.480 e. The lowest BCUT2D eigenvalue weighted by Gasteiger charge is -2.22. The van der Waals surface area contributed by atoms with Crippen LogP contribution in [0.1, 0.15) is 26.0 Å². The first kappa shape index (κ1) is 29.9. The van der Waals surface area contributed by atoms with E-state index in [4.69, 9.17) is 5.73 Å². The fraction of sp³-hybridized carbons (Fsp3) is 0.600. The van der Waals surface area contributed by atoms with Gasteiger partial charge >= 0.3 is 5.97 Å². The molecule has 0 aliphatic carbocycles. The molecule has 4 amide bonds. The number of thioether (sulfide) groups is 1. The third kappa shape index (κ3) is 10.7. The molecule has 196 valence electrons. The zero-order valence-electron chi connectivity index (χ0n) is 19.7. The van der Waals surface area contributed by atoms with E-state index in [1.54, 1.807) is 0 Å². The van der Waals surface area contributed by atoms with Gasteiger partial charge in [-0.3, -0.25) is 19.2 Å². The number of carboxylic acids is 1. The maximum absolute atomic E-state index is 12.7. The second kappa shape index (κ2) is 15.0. The molecule has 0 saturated carbocycles. The lowest BCUT2D eigenvalue weighted by molar-refractivity contribution is -0.142. The van der Waals surface area contributed by atoms with Crippen LogP contribution in [0.4, 0.5) is 0 Å². The minimum absolute atomic E-state index is 0.0251. The number of aliphatic hydroxyl groups excluding tert-OH is 1. The van der Waals surface area contributed by atoms with Crippen molar-refractivity contribution in [3.8, 4) is 0 Å². The molecule has 14 nitrogen and oxygen atoms in total. The van der Waals surface area contributed by atoms with E-state index in [-0.39, 0.29) is 12.8 Å². The third-order valence-electron chi connectivity index (χ3n) is 4.85. The fourth-order valence-electron chi connectivity index (χ4n) is 2.75. The van der Waals surface area contributed by atoms with Gasteiger partial charge in [-0.2, -0.15) is 11.8 Å². The molecule has 0 radical (unpaired) electrons. The highest BCUT2D eigenvalue weighted by Crippen LogP contribution is 2.04. The molecule has 0 saturated heterocycles. The molecule has 0 aliphatic rings. The van der Waals surface area contributed by atoms with Crippen LogP contribution in [0.15, 0.2) is 12.5 Å². The van der Waals surface area contributed by atoms with Gasteiger partial charge in [-0.15, -0.1) is 0 Å². The summed E-state index contributed by atoms with van der Waals surface area (Å²) in [5.74, 6) is -3.51. The van der Waals surface area contributed by atoms with Gasteiger partial charge in [0.1, 0.15) is 24.2 Å². The molecule has 1 rings (SSSR count). The van der Waals surface area contributed by atoms with Crippen LogP contribution in [0.3, 0.4) is 0 Å². The third-order valence-corrected chi connectivity index (χ3v) is 5.50. The Balaban J connectivity index is 2.66. The number of nitrogens with two attached hydrogens (primary N) is 1. The molecule has 0 aromatic carbocycles. The van der Waals surface area contributed by atoms with Crippen LogP contribution < -0.4 is 27.0 Å². The summed E-state index contributed by atoms with van der Waals surface area (Å²) in [6.45, 7) is 2.22. The van der Waals surface area contributed by atoms with Gasteiger partial charge in [0.25, 0.3) is 0 Å². The number of aliphatic carboxylic acids is 1. The summed E-state index contributed by atoms with van der Waals surface area (Å²) >= 11 is 1.44. The van der Waals surface area contributed by atoms with Crippen molar-refractivity contribution >= 4 is 41.4 Å². The molecule has 5 atom stereocenters. The maximum atomic E-state index is 12.7. The Hall–Kier alpha value is -3.17. The topological polar surface area (TPSA) is 229 Å². The van der Waals surface area contributed by atoms with Gasteiger partial charge in [0.15, 0.2) is 0 Å². The van der Waals surface area contributed by atoms with Crippen LogP contribution >= 0.6 is 11.8 Å². The van der Waals surface area contributed by atoms with Gasteiger partial charge in [0.2, 0.25) is 23.6 Å². The van der Waals surface area contributed by atoms with Crippen molar-refractivity contribution in [2.45, 2.75) is 57.0 Å². The molecule has 1 aromatic rings. The highest BCUT2D eigenvalue weighted by atomic mass is 32.2. The van der Waals surface area contributed by atoms with E-state index < -0.39 is 66.4 Å². The molecule has 1 heterocycles. The molecular formula is C20H33N7O7S. The summed E-state index contributed by atoms with van der Waals surface area (Å²) in [6.07, 6.45) is 3.74. The zero-order valence-corrected chi connectivity index (χ0v) is 20.6. The van der Waals surface area contributed by atoms with E-state index in [0.717, 1.165) is 0 Å². The average molecular weight is 516 g/mol. The number of carbonyl (C=O) groups is 5. The normalized spacial score (nSPS) is 15.1. The number of carbonyl (C=O) groups excluding carboxylic acids is 4. The molecular weight excluding hydrogens is 482 g/mol. The van der Waals surface area contributed by atoms with Gasteiger partial charge in [0.05, 0.1) is 19.0 Å². The summed E-state index contributed by atoms with van der Waals surface area (Å²) in [4.78, 5) is 67.3. The number of H-pyrrole nitrogens is 1. The van der Waals surface area contributed by atoms with E-state index >= 15 is 0 Å². The molecule has 35 heavy (non-hydrogen) atoms. The van der Waals surface area contributed by atoms with Gasteiger partial charge in [0, 0.05) is 18.3 Å². The van der Waals surface area contributed by atoms with Gasteiger partial charge in [-0.25, -0.2) is 9.78 Å². The van der Waals surface area contributed by atoms with E-state index in [0.29, 0.717) is 11.4 Å². The number of carboxylic acid groups (broad SMARTS) is 1. The Labute approximate surface area is 206 Å². The largest absolute Gasteiger partial charge is 0.480 e. The van der Waals surface area contributed by atoms with Gasteiger partial charge in [-0.05, 0) is 32.3 Å². The maximum Gasteiger partial charge on any atom is 0.326 e. The number of hydrogen-bond donors (Lipinski definition) is 8. The number of aliphatic hydroxyl groups is 1. The Morgan fingerprint density at radius 2 is 1.77 bits per heavy atom. The Morgan fingerprint density at radius 1 is 1.09 bits per heavy atom. The van der Waals surface area contributed by atoms with Crippen molar-refractivity contribution in [1.82, 2.24) is 31.2 Å². The van der Waals surface area contributed by atoms with Gasteiger partial charge < -0.3 is 42.2 Å².